The molecule has 0 saturated heterocycles. The summed E-state index contributed by atoms with van der Waals surface area (Å²) < 4.78 is 0. The summed E-state index contributed by atoms with van der Waals surface area (Å²) in [6, 6.07) is 51.3. The number of dihydropyridines is 1. The quantitative estimate of drug-likeness (QED) is 0.236. The van der Waals surface area contributed by atoms with Crippen molar-refractivity contribution in [1.29, 1.82) is 0 Å². The maximum atomic E-state index is 3.48. The number of fused-ring (bicyclic) bond motifs is 3. The summed E-state index contributed by atoms with van der Waals surface area (Å²) in [5.41, 5.74) is 8.75. The Bertz CT molecular complexity index is 2090. The van der Waals surface area contributed by atoms with Crippen LogP contribution in [-0.4, -0.2) is 0 Å². The van der Waals surface area contributed by atoms with Crippen LogP contribution >= 0.6 is 0 Å². The Kier molecular flexibility index (Phi) is 5.93. The van der Waals surface area contributed by atoms with Crippen LogP contribution in [0.3, 0.4) is 0 Å². The average molecular weight is 536 g/mol. The molecule has 7 aromatic rings. The number of allylic oxidation sites excluding steroid dienone is 2. The molecule has 0 fully saturated rings. The molecule has 198 valence electrons. The first-order valence-electron chi connectivity index (χ1n) is 14.6. The Morgan fingerprint density at radius 3 is 1.71 bits per heavy atom. The maximum Gasteiger partial charge on any atom is 0.0695 e. The van der Waals surface area contributed by atoms with E-state index in [0.717, 1.165) is 0 Å². The number of nitrogens with one attached hydrogen (secondary N) is 1. The number of hydrogen-bond donors (Lipinski definition) is 1. The molecule has 1 heterocycles. The first-order valence-corrected chi connectivity index (χ1v) is 14.6. The van der Waals surface area contributed by atoms with Crippen LogP contribution < -0.4 is 5.32 Å². The fourth-order valence-corrected chi connectivity index (χ4v) is 6.58. The Morgan fingerprint density at radius 2 is 1.00 bits per heavy atom. The van der Waals surface area contributed by atoms with Gasteiger partial charge >= 0.3 is 0 Å². The highest BCUT2D eigenvalue weighted by Gasteiger charge is 2.17. The van der Waals surface area contributed by atoms with Gasteiger partial charge in [0.25, 0.3) is 0 Å². The summed E-state index contributed by atoms with van der Waals surface area (Å²) >= 11 is 0. The Hall–Kier alpha value is -5.40. The minimum atomic E-state index is 0.169. The van der Waals surface area contributed by atoms with Crippen molar-refractivity contribution in [1.82, 2.24) is 5.32 Å². The van der Waals surface area contributed by atoms with Crippen LogP contribution in [0.5, 0.6) is 0 Å². The van der Waals surface area contributed by atoms with Crippen LogP contribution in [0.15, 0.2) is 164 Å². The van der Waals surface area contributed by atoms with Gasteiger partial charge in [-0.1, -0.05) is 146 Å². The molecule has 1 nitrogen and oxygen atoms in total. The first-order chi connectivity index (χ1) is 20.8. The molecule has 0 amide bonds. The highest BCUT2D eigenvalue weighted by atomic mass is 14.9. The molecule has 0 saturated carbocycles. The van der Waals surface area contributed by atoms with E-state index in [4.69, 9.17) is 0 Å². The first kappa shape index (κ1) is 24.4. The Balaban J connectivity index is 1.44. The lowest BCUT2D eigenvalue weighted by Crippen LogP contribution is -2.14. The van der Waals surface area contributed by atoms with Gasteiger partial charge in [0.05, 0.1) is 6.04 Å². The Morgan fingerprint density at radius 1 is 0.429 bits per heavy atom. The van der Waals surface area contributed by atoms with Crippen molar-refractivity contribution >= 4 is 32.3 Å². The minimum absolute atomic E-state index is 0.169. The van der Waals surface area contributed by atoms with Crippen molar-refractivity contribution in [2.24, 2.45) is 0 Å². The van der Waals surface area contributed by atoms with Gasteiger partial charge in [0, 0.05) is 0 Å². The molecule has 1 unspecified atom stereocenters. The highest BCUT2D eigenvalue weighted by molar-refractivity contribution is 6.17. The van der Waals surface area contributed by atoms with E-state index in [1.165, 1.54) is 71.3 Å². The lowest BCUT2D eigenvalue weighted by Gasteiger charge is -2.20. The van der Waals surface area contributed by atoms with Crippen molar-refractivity contribution in [2.45, 2.75) is 6.04 Å². The molecule has 0 spiro atoms. The third kappa shape index (κ3) is 4.10. The average Bonchev–Trinajstić information content (AvgIpc) is 3.07. The topological polar surface area (TPSA) is 12.0 Å². The van der Waals surface area contributed by atoms with Crippen LogP contribution in [0, 0.1) is 0 Å². The highest BCUT2D eigenvalue weighted by Crippen LogP contribution is 2.44. The zero-order valence-corrected chi connectivity index (χ0v) is 23.2. The lowest BCUT2D eigenvalue weighted by atomic mass is 9.85. The summed E-state index contributed by atoms with van der Waals surface area (Å²) in [4.78, 5) is 0. The lowest BCUT2D eigenvalue weighted by molar-refractivity contribution is 0.747. The second-order valence-corrected chi connectivity index (χ2v) is 11.0. The smallest absolute Gasteiger partial charge is 0.0695 e. The molecule has 8 rings (SSSR count). The van der Waals surface area contributed by atoms with Crippen LogP contribution in [0.25, 0.3) is 65.7 Å². The number of rotatable bonds is 4. The van der Waals surface area contributed by atoms with E-state index in [-0.39, 0.29) is 6.04 Å². The van der Waals surface area contributed by atoms with E-state index >= 15 is 0 Å². The molecule has 1 aliphatic heterocycles. The summed E-state index contributed by atoms with van der Waals surface area (Å²) in [7, 11) is 0. The molecular formula is C41H29N. The van der Waals surface area contributed by atoms with E-state index in [0.29, 0.717) is 0 Å². The molecule has 0 aliphatic carbocycles. The van der Waals surface area contributed by atoms with Crippen molar-refractivity contribution in [3.63, 3.8) is 0 Å². The van der Waals surface area contributed by atoms with Gasteiger partial charge in [-0.15, -0.1) is 0 Å². The van der Waals surface area contributed by atoms with Gasteiger partial charge in [0.15, 0.2) is 0 Å². The van der Waals surface area contributed by atoms with Gasteiger partial charge in [0.1, 0.15) is 0 Å². The van der Waals surface area contributed by atoms with E-state index in [2.05, 4.69) is 157 Å². The zero-order valence-electron chi connectivity index (χ0n) is 23.2. The monoisotopic (exact) mass is 535 g/mol. The molecular weight excluding hydrogens is 506 g/mol. The molecule has 0 aromatic heterocycles. The van der Waals surface area contributed by atoms with Crippen LogP contribution in [0.2, 0.25) is 0 Å². The minimum Gasteiger partial charge on any atom is -0.381 e. The molecule has 1 heteroatoms. The molecule has 1 aliphatic rings. The van der Waals surface area contributed by atoms with Gasteiger partial charge < -0.3 is 5.32 Å². The third-order valence-corrected chi connectivity index (χ3v) is 8.54. The predicted molar refractivity (Wildman–Crippen MR) is 179 cm³/mol. The third-order valence-electron chi connectivity index (χ3n) is 8.54. The maximum absolute atomic E-state index is 3.48. The summed E-state index contributed by atoms with van der Waals surface area (Å²) in [5, 5.41) is 11.1. The fourth-order valence-electron chi connectivity index (χ4n) is 6.58. The second-order valence-electron chi connectivity index (χ2n) is 11.0. The summed E-state index contributed by atoms with van der Waals surface area (Å²) in [5.74, 6) is 0. The predicted octanol–water partition coefficient (Wildman–Crippen LogP) is 10.9. The van der Waals surface area contributed by atoms with Crippen molar-refractivity contribution in [3.8, 4) is 33.4 Å². The van der Waals surface area contributed by atoms with Crippen LogP contribution in [0.1, 0.15) is 11.6 Å². The normalized spacial score (nSPS) is 14.4. The van der Waals surface area contributed by atoms with Crippen molar-refractivity contribution in [2.75, 3.05) is 0 Å². The largest absolute Gasteiger partial charge is 0.381 e. The summed E-state index contributed by atoms with van der Waals surface area (Å²) in [6.45, 7) is 0. The van der Waals surface area contributed by atoms with Gasteiger partial charge in [-0.2, -0.15) is 0 Å². The summed E-state index contributed by atoms with van der Waals surface area (Å²) in [6.07, 6.45) is 8.37. The molecule has 7 aromatic carbocycles. The van der Waals surface area contributed by atoms with Gasteiger partial charge in [-0.25, -0.2) is 0 Å². The van der Waals surface area contributed by atoms with Gasteiger partial charge in [-0.05, 0) is 89.6 Å². The molecule has 0 bridgehead atoms. The van der Waals surface area contributed by atoms with E-state index in [1.807, 2.05) is 12.3 Å². The van der Waals surface area contributed by atoms with Gasteiger partial charge in [0.2, 0.25) is 0 Å². The van der Waals surface area contributed by atoms with E-state index in [9.17, 15) is 0 Å². The van der Waals surface area contributed by atoms with Crippen molar-refractivity contribution < 1.29 is 0 Å². The number of benzene rings is 7. The zero-order chi connectivity index (χ0) is 27.9. The second kappa shape index (κ2) is 10.2. The molecule has 0 radical (unpaired) electrons. The van der Waals surface area contributed by atoms with Crippen LogP contribution in [0.4, 0.5) is 0 Å². The van der Waals surface area contributed by atoms with Crippen LogP contribution in [-0.2, 0) is 0 Å². The standard InChI is InChI=1S/C41H29N/c1-3-17-32-28(11-1)13-8-19-35(32)38-22-10-21-37-34(30-15-7-16-31(27-30)40-23-5-6-26-42-40)24-25-39(41(37)38)36-20-9-14-29-12-2-4-18-33(29)36/h1-27,40,42H. The van der Waals surface area contributed by atoms with E-state index < -0.39 is 0 Å². The fraction of sp³-hybridized carbons (Fsp3) is 0.0244. The molecule has 42 heavy (non-hydrogen) atoms. The van der Waals surface area contributed by atoms with Crippen molar-refractivity contribution in [3.05, 3.63) is 170 Å². The Labute approximate surface area is 246 Å². The van der Waals surface area contributed by atoms with Gasteiger partial charge in [-0.3, -0.25) is 0 Å². The number of hydrogen-bond acceptors (Lipinski definition) is 1. The molecule has 1 N–H and O–H groups in total. The van der Waals surface area contributed by atoms with E-state index in [1.54, 1.807) is 0 Å². The SMILES string of the molecule is C1=CNC(c2cccc(-c3ccc(-c4cccc5ccccc45)c4c(-c5cccc6ccccc56)cccc34)c2)C=C1. The molecule has 1 atom stereocenters.